The van der Waals surface area contributed by atoms with Crippen molar-refractivity contribution in [2.24, 2.45) is 11.8 Å². The van der Waals surface area contributed by atoms with Crippen LogP contribution in [0.15, 0.2) is 0 Å². The van der Waals surface area contributed by atoms with Gasteiger partial charge in [0.1, 0.15) is 0 Å². The van der Waals surface area contributed by atoms with Crippen molar-refractivity contribution in [3.05, 3.63) is 0 Å². The fourth-order valence-electron chi connectivity index (χ4n) is 2.82. The van der Waals surface area contributed by atoms with Crippen molar-refractivity contribution < 1.29 is 9.90 Å². The van der Waals surface area contributed by atoms with E-state index in [9.17, 15) is 4.79 Å². The van der Waals surface area contributed by atoms with Crippen LogP contribution in [0.2, 0.25) is 0 Å². The minimum absolute atomic E-state index is 0.122. The molecule has 0 bridgehead atoms. The third-order valence-electron chi connectivity index (χ3n) is 3.49. The molecule has 3 heteroatoms. The Morgan fingerprint density at radius 1 is 1.23 bits per heavy atom. The highest BCUT2D eigenvalue weighted by Crippen LogP contribution is 2.33. The molecule has 2 fully saturated rings. The molecule has 0 amide bonds. The molecule has 2 aliphatic rings. The van der Waals surface area contributed by atoms with Crippen molar-refractivity contribution in [1.82, 2.24) is 5.32 Å². The molecule has 3 nitrogen and oxygen atoms in total. The Hall–Kier alpha value is -0.570. The number of nitrogens with one attached hydrogen (secondary N) is 1. The Morgan fingerprint density at radius 3 is 2.54 bits per heavy atom. The van der Waals surface area contributed by atoms with Crippen molar-refractivity contribution in [3.8, 4) is 0 Å². The smallest absolute Gasteiger partial charge is 0.308 e. The summed E-state index contributed by atoms with van der Waals surface area (Å²) in [6.45, 7) is 0.887. The largest absolute Gasteiger partial charge is 0.481 e. The second-order valence-electron chi connectivity index (χ2n) is 4.26. The maximum absolute atomic E-state index is 10.9. The summed E-state index contributed by atoms with van der Waals surface area (Å²) in [5.74, 6) is -0.103. The molecular weight excluding hydrogens is 166 g/mol. The van der Waals surface area contributed by atoms with E-state index >= 15 is 0 Å². The summed E-state index contributed by atoms with van der Waals surface area (Å²) in [7, 11) is 0. The Bertz CT molecular complexity index is 199. The van der Waals surface area contributed by atoms with Gasteiger partial charge >= 0.3 is 5.97 Å². The van der Waals surface area contributed by atoms with Crippen LogP contribution in [0.5, 0.6) is 0 Å². The molecule has 2 rings (SSSR count). The molecule has 74 valence electrons. The zero-order chi connectivity index (χ0) is 9.26. The van der Waals surface area contributed by atoms with Crippen molar-refractivity contribution in [3.63, 3.8) is 0 Å². The van der Waals surface area contributed by atoms with Crippen LogP contribution in [0.25, 0.3) is 0 Å². The highest BCUT2D eigenvalue weighted by atomic mass is 16.4. The van der Waals surface area contributed by atoms with Crippen LogP contribution in [-0.4, -0.2) is 23.7 Å². The first-order chi connectivity index (χ1) is 6.29. The number of aliphatic carboxylic acids is 1. The molecule has 1 heterocycles. The lowest BCUT2D eigenvalue weighted by atomic mass is 9.88. The molecule has 1 aliphatic heterocycles. The predicted octanol–water partition coefficient (Wildman–Crippen LogP) is 1.24. The van der Waals surface area contributed by atoms with Gasteiger partial charge in [-0.1, -0.05) is 12.8 Å². The van der Waals surface area contributed by atoms with Gasteiger partial charge in [-0.25, -0.2) is 0 Å². The Labute approximate surface area is 78.5 Å². The highest BCUT2D eigenvalue weighted by molar-refractivity contribution is 5.71. The molecule has 1 aliphatic carbocycles. The molecule has 1 saturated heterocycles. The second-order valence-corrected chi connectivity index (χ2v) is 4.26. The highest BCUT2D eigenvalue weighted by Gasteiger charge is 2.38. The van der Waals surface area contributed by atoms with Crippen LogP contribution in [0.1, 0.15) is 32.1 Å². The molecule has 2 atom stereocenters. The average molecular weight is 183 g/mol. The Kier molecular flexibility index (Phi) is 2.54. The number of carbonyl (C=O) groups is 1. The zero-order valence-electron chi connectivity index (χ0n) is 7.83. The molecule has 2 N–H and O–H groups in total. The topological polar surface area (TPSA) is 49.3 Å². The van der Waals surface area contributed by atoms with Crippen molar-refractivity contribution >= 4 is 5.97 Å². The first-order valence-corrected chi connectivity index (χ1v) is 5.25. The van der Waals surface area contributed by atoms with Crippen molar-refractivity contribution in [2.75, 3.05) is 6.54 Å². The predicted molar refractivity (Wildman–Crippen MR) is 49.5 cm³/mol. The number of carboxylic acid groups (broad SMARTS) is 1. The van der Waals surface area contributed by atoms with Crippen LogP contribution in [0, 0.1) is 11.8 Å². The van der Waals surface area contributed by atoms with Gasteiger partial charge in [-0.05, 0) is 31.7 Å². The molecule has 0 aromatic heterocycles. The van der Waals surface area contributed by atoms with Gasteiger partial charge in [0.25, 0.3) is 0 Å². The minimum Gasteiger partial charge on any atom is -0.481 e. The van der Waals surface area contributed by atoms with Crippen molar-refractivity contribution in [2.45, 2.75) is 38.1 Å². The van der Waals surface area contributed by atoms with E-state index in [1.807, 2.05) is 0 Å². The summed E-state index contributed by atoms with van der Waals surface area (Å²) < 4.78 is 0. The second kappa shape index (κ2) is 3.66. The van der Waals surface area contributed by atoms with Crippen LogP contribution in [0.3, 0.4) is 0 Å². The molecule has 2 unspecified atom stereocenters. The molecular formula is C10H17NO2. The van der Waals surface area contributed by atoms with Crippen LogP contribution >= 0.6 is 0 Å². The quantitative estimate of drug-likeness (QED) is 0.677. The summed E-state index contributed by atoms with van der Waals surface area (Å²) >= 11 is 0. The fourth-order valence-corrected chi connectivity index (χ4v) is 2.82. The van der Waals surface area contributed by atoms with E-state index in [1.54, 1.807) is 0 Å². The SMILES string of the molecule is O=C(O)C1CCNC1C1CCCC1. The lowest BCUT2D eigenvalue weighted by Crippen LogP contribution is -2.37. The maximum Gasteiger partial charge on any atom is 0.308 e. The average Bonchev–Trinajstić information content (AvgIpc) is 2.74. The van der Waals surface area contributed by atoms with Gasteiger partial charge in [0.05, 0.1) is 5.92 Å². The van der Waals surface area contributed by atoms with Crippen molar-refractivity contribution in [1.29, 1.82) is 0 Å². The van der Waals surface area contributed by atoms with Gasteiger partial charge in [0.2, 0.25) is 0 Å². The summed E-state index contributed by atoms with van der Waals surface area (Å²) in [5, 5.41) is 12.4. The van der Waals surface area contributed by atoms with Gasteiger partial charge in [0, 0.05) is 6.04 Å². The first-order valence-electron chi connectivity index (χ1n) is 5.25. The minimum atomic E-state index is -0.609. The zero-order valence-corrected chi connectivity index (χ0v) is 7.83. The normalized spacial score (nSPS) is 35.4. The Morgan fingerprint density at radius 2 is 1.92 bits per heavy atom. The van der Waals surface area contributed by atoms with Gasteiger partial charge in [-0.2, -0.15) is 0 Å². The van der Waals surface area contributed by atoms with E-state index < -0.39 is 5.97 Å². The fraction of sp³-hybridized carbons (Fsp3) is 0.900. The maximum atomic E-state index is 10.9. The van der Waals surface area contributed by atoms with Crippen LogP contribution < -0.4 is 5.32 Å². The monoisotopic (exact) mass is 183 g/mol. The molecule has 0 aromatic rings. The molecule has 0 aromatic carbocycles. The number of carboxylic acids is 1. The van der Waals surface area contributed by atoms with Gasteiger partial charge in [-0.15, -0.1) is 0 Å². The lowest BCUT2D eigenvalue weighted by Gasteiger charge is -2.22. The first kappa shape index (κ1) is 9.00. The van der Waals surface area contributed by atoms with Gasteiger partial charge in [-0.3, -0.25) is 4.79 Å². The van der Waals surface area contributed by atoms with Crippen LogP contribution in [-0.2, 0) is 4.79 Å². The third-order valence-corrected chi connectivity index (χ3v) is 3.49. The molecule has 0 spiro atoms. The summed E-state index contributed by atoms with van der Waals surface area (Å²) in [6, 6.07) is 0.264. The van der Waals surface area contributed by atoms with E-state index in [0.29, 0.717) is 5.92 Å². The van der Waals surface area contributed by atoms with E-state index in [-0.39, 0.29) is 12.0 Å². The van der Waals surface area contributed by atoms with E-state index in [1.165, 1.54) is 25.7 Å². The van der Waals surface area contributed by atoms with E-state index in [2.05, 4.69) is 5.32 Å². The van der Waals surface area contributed by atoms with E-state index in [0.717, 1.165) is 13.0 Å². The molecule has 0 radical (unpaired) electrons. The summed E-state index contributed by atoms with van der Waals surface area (Å²) in [6.07, 6.45) is 5.84. The standard InChI is InChI=1S/C10H17NO2/c12-10(13)8-5-6-11-9(8)7-3-1-2-4-7/h7-9,11H,1-6H2,(H,12,13). The lowest BCUT2D eigenvalue weighted by molar-refractivity contribution is -0.142. The summed E-state index contributed by atoms with van der Waals surface area (Å²) in [5.41, 5.74) is 0. The van der Waals surface area contributed by atoms with Gasteiger partial charge < -0.3 is 10.4 Å². The van der Waals surface area contributed by atoms with Gasteiger partial charge in [0.15, 0.2) is 0 Å². The number of rotatable bonds is 2. The molecule has 13 heavy (non-hydrogen) atoms. The third kappa shape index (κ3) is 1.70. The summed E-state index contributed by atoms with van der Waals surface area (Å²) in [4.78, 5) is 10.9. The Balaban J connectivity index is 2.00. The molecule has 1 saturated carbocycles. The number of hydrogen-bond donors (Lipinski definition) is 2. The number of hydrogen-bond acceptors (Lipinski definition) is 2. The van der Waals surface area contributed by atoms with Crippen LogP contribution in [0.4, 0.5) is 0 Å². The van der Waals surface area contributed by atoms with E-state index in [4.69, 9.17) is 5.11 Å².